The number of carbonyl (C=O) groups excluding carboxylic acids is 3. The van der Waals surface area contributed by atoms with Crippen LogP contribution in [0.1, 0.15) is 22.3 Å². The number of ether oxygens (including phenoxy) is 2. The zero-order valence-corrected chi connectivity index (χ0v) is 21.7. The number of rotatable bonds is 8. The summed E-state index contributed by atoms with van der Waals surface area (Å²) in [5.74, 6) is -1.07. The van der Waals surface area contributed by atoms with Crippen LogP contribution in [0.15, 0.2) is 71.6 Å². The molecule has 3 aromatic rings. The molecule has 3 amide bonds. The molecule has 0 spiro atoms. The number of alkyl halides is 3. The molecule has 0 aromatic heterocycles. The van der Waals surface area contributed by atoms with Gasteiger partial charge >= 0.3 is 6.18 Å². The Morgan fingerprint density at radius 1 is 1.03 bits per heavy atom. The van der Waals surface area contributed by atoms with E-state index >= 15 is 0 Å². The normalized spacial score (nSPS) is 14.6. The molecule has 0 saturated carbocycles. The molecule has 0 bridgehead atoms. The van der Waals surface area contributed by atoms with E-state index in [4.69, 9.17) is 9.47 Å². The SMILES string of the molecule is COc1ccc(C(F)(F)F)cc1NC(=O)CN1C(=O)S/C(=C\c2ccccc2OCc2ccc(C)cc2)C1=O. The van der Waals surface area contributed by atoms with Crippen molar-refractivity contribution in [1.82, 2.24) is 4.90 Å². The van der Waals surface area contributed by atoms with E-state index in [1.807, 2.05) is 31.2 Å². The monoisotopic (exact) mass is 556 g/mol. The van der Waals surface area contributed by atoms with Crippen LogP contribution in [-0.2, 0) is 22.4 Å². The smallest absolute Gasteiger partial charge is 0.416 e. The van der Waals surface area contributed by atoms with Crippen molar-refractivity contribution in [3.63, 3.8) is 0 Å². The Balaban J connectivity index is 1.46. The van der Waals surface area contributed by atoms with Crippen LogP contribution in [0.25, 0.3) is 6.08 Å². The van der Waals surface area contributed by atoms with Gasteiger partial charge in [0.2, 0.25) is 5.91 Å². The van der Waals surface area contributed by atoms with Crippen molar-refractivity contribution in [2.45, 2.75) is 19.7 Å². The Hall–Kier alpha value is -4.25. The number of thioether (sulfide) groups is 1. The molecule has 3 aromatic carbocycles. The van der Waals surface area contributed by atoms with Crippen LogP contribution in [0, 0.1) is 6.92 Å². The molecule has 0 unspecified atom stereocenters. The van der Waals surface area contributed by atoms with Gasteiger partial charge in [0.15, 0.2) is 0 Å². The van der Waals surface area contributed by atoms with Gasteiger partial charge in [0.25, 0.3) is 11.1 Å². The third kappa shape index (κ3) is 6.80. The van der Waals surface area contributed by atoms with Crippen LogP contribution < -0.4 is 14.8 Å². The number of aryl methyl sites for hydroxylation is 1. The summed E-state index contributed by atoms with van der Waals surface area (Å²) in [6.45, 7) is 1.59. The van der Waals surface area contributed by atoms with Gasteiger partial charge in [0.1, 0.15) is 24.7 Å². The van der Waals surface area contributed by atoms with E-state index in [1.54, 1.807) is 24.3 Å². The first-order valence-electron chi connectivity index (χ1n) is 11.6. The number of anilines is 1. The predicted molar refractivity (Wildman–Crippen MR) is 141 cm³/mol. The molecule has 7 nitrogen and oxygen atoms in total. The van der Waals surface area contributed by atoms with Gasteiger partial charge in [-0.05, 0) is 54.6 Å². The van der Waals surface area contributed by atoms with Gasteiger partial charge in [0, 0.05) is 5.56 Å². The van der Waals surface area contributed by atoms with Crippen molar-refractivity contribution in [2.24, 2.45) is 0 Å². The number of nitrogens with zero attached hydrogens (tertiary/aromatic N) is 1. The number of carbonyl (C=O) groups is 3. The summed E-state index contributed by atoms with van der Waals surface area (Å²) in [6.07, 6.45) is -3.13. The van der Waals surface area contributed by atoms with E-state index in [2.05, 4.69) is 5.32 Å². The highest BCUT2D eigenvalue weighted by molar-refractivity contribution is 8.18. The predicted octanol–water partition coefficient (Wildman–Crippen LogP) is 6.28. The maximum Gasteiger partial charge on any atom is 0.416 e. The van der Waals surface area contributed by atoms with Gasteiger partial charge in [0.05, 0.1) is 23.3 Å². The van der Waals surface area contributed by atoms with Crippen molar-refractivity contribution in [2.75, 3.05) is 19.0 Å². The number of imide groups is 1. The standard InChI is InChI=1S/C28H23F3N2O5S/c1-17-7-9-18(10-8-17)16-38-22-6-4-3-5-19(22)13-24-26(35)33(27(36)39-24)15-25(34)32-21-14-20(28(29,30)31)11-12-23(21)37-2/h3-14H,15-16H2,1-2H3,(H,32,34)/b24-13-. The Bertz CT molecular complexity index is 1440. The van der Waals surface area contributed by atoms with E-state index in [1.165, 1.54) is 13.2 Å². The van der Waals surface area contributed by atoms with Gasteiger partial charge < -0.3 is 14.8 Å². The molecule has 1 fully saturated rings. The summed E-state index contributed by atoms with van der Waals surface area (Å²) < 4.78 is 50.3. The van der Waals surface area contributed by atoms with Crippen molar-refractivity contribution in [3.8, 4) is 11.5 Å². The maximum absolute atomic E-state index is 13.1. The molecular formula is C28H23F3N2O5S. The average molecular weight is 557 g/mol. The van der Waals surface area contributed by atoms with E-state index in [0.717, 1.165) is 34.2 Å². The molecule has 1 aliphatic rings. The lowest BCUT2D eigenvalue weighted by atomic mass is 10.1. The Morgan fingerprint density at radius 3 is 2.44 bits per heavy atom. The van der Waals surface area contributed by atoms with Gasteiger partial charge in [-0.3, -0.25) is 19.3 Å². The minimum atomic E-state index is -4.64. The fraction of sp³-hybridized carbons (Fsp3) is 0.179. The van der Waals surface area contributed by atoms with Crippen LogP contribution in [0.2, 0.25) is 0 Å². The van der Waals surface area contributed by atoms with E-state index in [-0.39, 0.29) is 16.3 Å². The first-order valence-corrected chi connectivity index (χ1v) is 12.4. The molecule has 1 N–H and O–H groups in total. The van der Waals surface area contributed by atoms with Crippen LogP contribution in [0.5, 0.6) is 11.5 Å². The first-order chi connectivity index (χ1) is 18.5. The Morgan fingerprint density at radius 2 is 1.74 bits per heavy atom. The number of hydrogen-bond donors (Lipinski definition) is 1. The molecule has 202 valence electrons. The summed E-state index contributed by atoms with van der Waals surface area (Å²) >= 11 is 0.653. The minimum Gasteiger partial charge on any atom is -0.495 e. The highest BCUT2D eigenvalue weighted by Crippen LogP contribution is 2.36. The molecule has 4 rings (SSSR count). The zero-order chi connectivity index (χ0) is 28.2. The lowest BCUT2D eigenvalue weighted by molar-refractivity contribution is -0.137. The molecule has 0 atom stereocenters. The number of methoxy groups -OCH3 is 1. The zero-order valence-electron chi connectivity index (χ0n) is 20.9. The number of nitrogens with one attached hydrogen (secondary N) is 1. The van der Waals surface area contributed by atoms with E-state index < -0.39 is 35.3 Å². The summed E-state index contributed by atoms with van der Waals surface area (Å²) in [5.41, 5.74) is 1.42. The summed E-state index contributed by atoms with van der Waals surface area (Å²) in [7, 11) is 1.24. The van der Waals surface area contributed by atoms with Crippen LogP contribution in [-0.4, -0.2) is 35.6 Å². The molecular weight excluding hydrogens is 533 g/mol. The van der Waals surface area contributed by atoms with Crippen LogP contribution in [0.3, 0.4) is 0 Å². The van der Waals surface area contributed by atoms with Crippen molar-refractivity contribution in [3.05, 3.63) is 93.9 Å². The maximum atomic E-state index is 13.1. The number of halogens is 3. The van der Waals surface area contributed by atoms with Gasteiger partial charge in [-0.25, -0.2) is 0 Å². The average Bonchev–Trinajstić information content (AvgIpc) is 3.15. The first kappa shape index (κ1) is 27.8. The Kier molecular flexibility index (Phi) is 8.29. The van der Waals surface area contributed by atoms with Crippen LogP contribution >= 0.6 is 11.8 Å². The molecule has 39 heavy (non-hydrogen) atoms. The quantitative estimate of drug-likeness (QED) is 0.329. The molecule has 1 saturated heterocycles. The van der Waals surface area contributed by atoms with Gasteiger partial charge in [-0.15, -0.1) is 0 Å². The summed E-state index contributed by atoms with van der Waals surface area (Å²) in [6, 6.07) is 17.4. The molecule has 1 aliphatic heterocycles. The topological polar surface area (TPSA) is 84.9 Å². The second-order valence-electron chi connectivity index (χ2n) is 8.54. The number of para-hydroxylation sites is 1. The third-order valence-corrected chi connectivity index (χ3v) is 6.60. The largest absolute Gasteiger partial charge is 0.495 e. The lowest BCUT2D eigenvalue weighted by Gasteiger charge is -2.16. The fourth-order valence-electron chi connectivity index (χ4n) is 3.67. The highest BCUT2D eigenvalue weighted by Gasteiger charge is 2.37. The van der Waals surface area contributed by atoms with Crippen molar-refractivity contribution < 1.29 is 37.0 Å². The lowest BCUT2D eigenvalue weighted by Crippen LogP contribution is -2.36. The van der Waals surface area contributed by atoms with Gasteiger partial charge in [-0.1, -0.05) is 48.0 Å². The molecule has 0 radical (unpaired) electrons. The second kappa shape index (κ2) is 11.6. The van der Waals surface area contributed by atoms with Crippen molar-refractivity contribution in [1.29, 1.82) is 0 Å². The van der Waals surface area contributed by atoms with E-state index in [0.29, 0.717) is 29.7 Å². The minimum absolute atomic E-state index is 0.00682. The fourth-order valence-corrected chi connectivity index (χ4v) is 4.50. The highest BCUT2D eigenvalue weighted by atomic mass is 32.2. The number of hydrogen-bond acceptors (Lipinski definition) is 6. The number of amides is 3. The molecule has 11 heteroatoms. The van der Waals surface area contributed by atoms with Crippen LogP contribution in [0.4, 0.5) is 23.7 Å². The Labute approximate surface area is 226 Å². The summed E-state index contributed by atoms with van der Waals surface area (Å²) in [4.78, 5) is 38.9. The second-order valence-corrected chi connectivity index (χ2v) is 9.53. The summed E-state index contributed by atoms with van der Waals surface area (Å²) in [5, 5.41) is 1.61. The van der Waals surface area contributed by atoms with Gasteiger partial charge in [-0.2, -0.15) is 13.2 Å². The van der Waals surface area contributed by atoms with E-state index in [9.17, 15) is 27.6 Å². The number of benzene rings is 3. The third-order valence-electron chi connectivity index (χ3n) is 5.70. The van der Waals surface area contributed by atoms with Crippen molar-refractivity contribution >= 4 is 40.6 Å². The molecule has 1 heterocycles. The molecule has 0 aliphatic carbocycles.